The predicted octanol–water partition coefficient (Wildman–Crippen LogP) is 3.12. The van der Waals surface area contributed by atoms with Crippen molar-refractivity contribution < 1.29 is 14.6 Å². The van der Waals surface area contributed by atoms with Gasteiger partial charge in [0.25, 0.3) is 5.91 Å². The van der Waals surface area contributed by atoms with Crippen molar-refractivity contribution in [3.63, 3.8) is 0 Å². The Balaban J connectivity index is 1.58. The van der Waals surface area contributed by atoms with E-state index in [9.17, 15) is 9.90 Å². The monoisotopic (exact) mass is 408 g/mol. The highest BCUT2D eigenvalue weighted by Crippen LogP contribution is 2.32. The molecule has 0 atom stereocenters. The molecule has 1 saturated heterocycles. The first kappa shape index (κ1) is 19.1. The summed E-state index contributed by atoms with van der Waals surface area (Å²) in [6.07, 6.45) is 1.60. The normalized spacial score (nSPS) is 14.3. The summed E-state index contributed by atoms with van der Waals surface area (Å²) < 4.78 is 5.43. The number of hydrogen-bond donors (Lipinski definition) is 2. The molecule has 2 aromatic carbocycles. The van der Waals surface area contributed by atoms with E-state index >= 15 is 0 Å². The zero-order valence-corrected chi connectivity index (χ0v) is 16.4. The summed E-state index contributed by atoms with van der Waals surface area (Å²) in [5.41, 5.74) is 4.44. The van der Waals surface area contributed by atoms with Crippen LogP contribution < -0.4 is 10.3 Å². The van der Waals surface area contributed by atoms with Crippen LogP contribution in [-0.2, 0) is 4.74 Å². The molecule has 8 heteroatoms. The Morgan fingerprint density at radius 3 is 2.62 bits per heavy atom. The van der Waals surface area contributed by atoms with Crippen LogP contribution in [0.5, 0.6) is 5.75 Å². The van der Waals surface area contributed by atoms with Crippen LogP contribution in [0.25, 0.3) is 11.3 Å². The quantitative estimate of drug-likeness (QED) is 0.500. The van der Waals surface area contributed by atoms with E-state index in [2.05, 4.69) is 15.4 Å². The zero-order chi connectivity index (χ0) is 20.1. The van der Waals surface area contributed by atoms with Crippen LogP contribution in [0.15, 0.2) is 59.7 Å². The maximum Gasteiger partial charge on any atom is 0.275 e. The van der Waals surface area contributed by atoms with Gasteiger partial charge in [-0.1, -0.05) is 53.8 Å². The van der Waals surface area contributed by atoms with Gasteiger partial charge in [0, 0.05) is 18.7 Å². The van der Waals surface area contributed by atoms with Crippen LogP contribution in [0.2, 0.25) is 0 Å². The highest BCUT2D eigenvalue weighted by Gasteiger charge is 2.19. The van der Waals surface area contributed by atoms with Crippen LogP contribution in [0.4, 0.5) is 5.13 Å². The van der Waals surface area contributed by atoms with Crippen LogP contribution in [0, 0.1) is 0 Å². The number of phenolic OH excluding ortho intramolecular Hbond substituents is 1. The molecule has 0 radical (unpaired) electrons. The molecule has 0 aliphatic carbocycles. The average molecular weight is 408 g/mol. The zero-order valence-electron chi connectivity index (χ0n) is 15.6. The average Bonchev–Trinajstić information content (AvgIpc) is 3.19. The molecule has 1 aromatic heterocycles. The van der Waals surface area contributed by atoms with Crippen molar-refractivity contribution in [1.82, 2.24) is 10.4 Å². The number of carbonyl (C=O) groups is 1. The summed E-state index contributed by atoms with van der Waals surface area (Å²) in [5.74, 6) is -0.559. The van der Waals surface area contributed by atoms with E-state index in [0.29, 0.717) is 13.2 Å². The minimum absolute atomic E-state index is 0.0856. The second kappa shape index (κ2) is 8.85. The molecule has 0 unspecified atom stereocenters. The maximum absolute atomic E-state index is 12.2. The van der Waals surface area contributed by atoms with E-state index in [4.69, 9.17) is 9.72 Å². The van der Waals surface area contributed by atoms with Gasteiger partial charge in [0.15, 0.2) is 5.13 Å². The minimum Gasteiger partial charge on any atom is -0.507 e. The minimum atomic E-state index is -0.474. The number of hydrogen-bond acceptors (Lipinski definition) is 7. The van der Waals surface area contributed by atoms with E-state index in [1.165, 1.54) is 17.4 Å². The molecular formula is C21H20N4O3S. The Morgan fingerprint density at radius 1 is 1.14 bits per heavy atom. The third kappa shape index (κ3) is 4.44. The van der Waals surface area contributed by atoms with Gasteiger partial charge < -0.3 is 14.7 Å². The first-order valence-electron chi connectivity index (χ1n) is 9.23. The lowest BCUT2D eigenvalue weighted by atomic mass is 10.1. The maximum atomic E-state index is 12.2. The number of rotatable bonds is 5. The standard InChI is InChI=1S/C21H20N4O3S/c26-17-9-5-4-8-16(17)20(27)24-22-14-18-19(15-6-2-1-3-7-15)23-21(29-18)25-10-12-28-13-11-25/h1-9,14,26H,10-13H2,(H,24,27)/b22-14+. The molecular weight excluding hydrogens is 388 g/mol. The highest BCUT2D eigenvalue weighted by atomic mass is 32.1. The van der Waals surface area contributed by atoms with Crippen LogP contribution in [-0.4, -0.2) is 48.5 Å². The molecule has 0 bridgehead atoms. The van der Waals surface area contributed by atoms with Gasteiger partial charge >= 0.3 is 0 Å². The van der Waals surface area contributed by atoms with E-state index < -0.39 is 5.91 Å². The summed E-state index contributed by atoms with van der Waals surface area (Å²) >= 11 is 1.52. The molecule has 29 heavy (non-hydrogen) atoms. The Hall–Kier alpha value is -3.23. The highest BCUT2D eigenvalue weighted by molar-refractivity contribution is 7.17. The molecule has 0 spiro atoms. The molecule has 1 fully saturated rings. The Kier molecular flexibility index (Phi) is 5.83. The molecule has 1 aliphatic rings. The topological polar surface area (TPSA) is 87.1 Å². The van der Waals surface area contributed by atoms with Crippen molar-refractivity contribution >= 4 is 28.6 Å². The Morgan fingerprint density at radius 2 is 1.86 bits per heavy atom. The summed E-state index contributed by atoms with van der Waals surface area (Å²) in [6.45, 7) is 2.95. The lowest BCUT2D eigenvalue weighted by Crippen LogP contribution is -2.36. The number of thiazole rings is 1. The molecule has 7 nitrogen and oxygen atoms in total. The molecule has 1 amide bonds. The fraction of sp³-hybridized carbons (Fsp3) is 0.190. The molecule has 2 heterocycles. The van der Waals surface area contributed by atoms with Gasteiger partial charge in [-0.3, -0.25) is 4.79 Å². The van der Waals surface area contributed by atoms with Crippen molar-refractivity contribution in [3.8, 4) is 17.0 Å². The molecule has 148 valence electrons. The molecule has 1 aliphatic heterocycles. The predicted molar refractivity (Wildman–Crippen MR) is 114 cm³/mol. The van der Waals surface area contributed by atoms with Crippen molar-refractivity contribution in [1.29, 1.82) is 0 Å². The number of anilines is 1. The van der Waals surface area contributed by atoms with E-state index in [0.717, 1.165) is 34.4 Å². The number of para-hydroxylation sites is 1. The van der Waals surface area contributed by atoms with Gasteiger partial charge in [0.05, 0.1) is 35.6 Å². The summed E-state index contributed by atoms with van der Waals surface area (Å²) in [7, 11) is 0. The second-order valence-electron chi connectivity index (χ2n) is 6.39. The van der Waals surface area contributed by atoms with Gasteiger partial charge in [-0.15, -0.1) is 0 Å². The smallest absolute Gasteiger partial charge is 0.275 e. The van der Waals surface area contributed by atoms with Crippen LogP contribution in [0.3, 0.4) is 0 Å². The fourth-order valence-electron chi connectivity index (χ4n) is 2.98. The van der Waals surface area contributed by atoms with E-state index in [1.54, 1.807) is 24.4 Å². The number of nitrogens with zero attached hydrogens (tertiary/aromatic N) is 3. The number of benzene rings is 2. The van der Waals surface area contributed by atoms with E-state index in [-0.39, 0.29) is 11.3 Å². The lowest BCUT2D eigenvalue weighted by molar-refractivity contribution is 0.0952. The molecule has 4 rings (SSSR count). The van der Waals surface area contributed by atoms with Gasteiger partial charge in [0.1, 0.15) is 5.75 Å². The van der Waals surface area contributed by atoms with Crippen molar-refractivity contribution in [2.45, 2.75) is 0 Å². The fourth-order valence-corrected chi connectivity index (χ4v) is 3.99. The molecule has 2 N–H and O–H groups in total. The SMILES string of the molecule is O=C(N/N=C/c1sc(N2CCOCC2)nc1-c1ccccc1)c1ccccc1O. The Labute approximate surface area is 172 Å². The first-order chi connectivity index (χ1) is 14.2. The molecule has 3 aromatic rings. The second-order valence-corrected chi connectivity index (χ2v) is 7.40. The number of amides is 1. The number of ether oxygens (including phenoxy) is 1. The van der Waals surface area contributed by atoms with Crippen molar-refractivity contribution in [2.24, 2.45) is 5.10 Å². The first-order valence-corrected chi connectivity index (χ1v) is 10.0. The number of carbonyl (C=O) groups excluding carboxylic acids is 1. The number of aromatic nitrogens is 1. The Bertz CT molecular complexity index is 1010. The van der Waals surface area contributed by atoms with E-state index in [1.807, 2.05) is 30.3 Å². The van der Waals surface area contributed by atoms with Crippen LogP contribution >= 0.6 is 11.3 Å². The van der Waals surface area contributed by atoms with Gasteiger partial charge in [0.2, 0.25) is 0 Å². The third-order valence-electron chi connectivity index (χ3n) is 4.47. The summed E-state index contributed by atoms with van der Waals surface area (Å²) in [5, 5.41) is 14.8. The van der Waals surface area contributed by atoms with Crippen molar-refractivity contribution in [2.75, 3.05) is 31.2 Å². The van der Waals surface area contributed by atoms with Crippen LogP contribution in [0.1, 0.15) is 15.2 Å². The van der Waals surface area contributed by atoms with Gasteiger partial charge in [-0.25, -0.2) is 10.4 Å². The van der Waals surface area contributed by atoms with Crippen molar-refractivity contribution in [3.05, 3.63) is 65.0 Å². The number of nitrogens with one attached hydrogen (secondary N) is 1. The third-order valence-corrected chi connectivity index (χ3v) is 5.52. The number of morpholine rings is 1. The molecule has 0 saturated carbocycles. The largest absolute Gasteiger partial charge is 0.507 e. The lowest BCUT2D eigenvalue weighted by Gasteiger charge is -2.26. The summed E-state index contributed by atoms with van der Waals surface area (Å²) in [6, 6.07) is 16.2. The number of aromatic hydroxyl groups is 1. The van der Waals surface area contributed by atoms with Gasteiger partial charge in [-0.2, -0.15) is 5.10 Å². The number of hydrazone groups is 1. The summed E-state index contributed by atoms with van der Waals surface area (Å²) in [4.78, 5) is 20.1. The van der Waals surface area contributed by atoms with Gasteiger partial charge in [-0.05, 0) is 12.1 Å². The number of phenols is 1.